The van der Waals surface area contributed by atoms with Gasteiger partial charge in [0.05, 0.1) is 24.7 Å². The highest BCUT2D eigenvalue weighted by Crippen LogP contribution is 2.21. The summed E-state index contributed by atoms with van der Waals surface area (Å²) < 4.78 is 27.4. The van der Waals surface area contributed by atoms with E-state index in [-0.39, 0.29) is 36.9 Å². The fraction of sp³-hybridized carbons (Fsp3) is 0.364. The van der Waals surface area contributed by atoms with Gasteiger partial charge in [-0.05, 0) is 29.8 Å². The van der Waals surface area contributed by atoms with E-state index in [1.54, 1.807) is 24.3 Å². The Morgan fingerprint density at radius 1 is 1.10 bits per heavy atom. The predicted molar refractivity (Wildman–Crippen MR) is 112 cm³/mol. The SMILES string of the molecule is N#CCCN(C(=O)CN1CCN(Cc2ccc(F)cc2Cl)CC1)c1ccccc1F. The highest BCUT2D eigenvalue weighted by molar-refractivity contribution is 6.31. The Kier molecular flexibility index (Phi) is 7.75. The fourth-order valence-electron chi connectivity index (χ4n) is 3.48. The van der Waals surface area contributed by atoms with Crippen LogP contribution in [0.15, 0.2) is 42.5 Å². The van der Waals surface area contributed by atoms with Gasteiger partial charge in [-0.25, -0.2) is 8.78 Å². The largest absolute Gasteiger partial charge is 0.308 e. The topological polar surface area (TPSA) is 50.6 Å². The van der Waals surface area contributed by atoms with Crippen LogP contribution in [0.5, 0.6) is 0 Å². The number of amides is 1. The Balaban J connectivity index is 1.56. The number of para-hydroxylation sites is 1. The first kappa shape index (κ1) is 22.2. The molecule has 0 radical (unpaired) electrons. The summed E-state index contributed by atoms with van der Waals surface area (Å²) >= 11 is 6.11. The van der Waals surface area contributed by atoms with Crippen LogP contribution in [0.4, 0.5) is 14.5 Å². The number of halogens is 3. The van der Waals surface area contributed by atoms with Gasteiger partial charge < -0.3 is 4.90 Å². The quantitative estimate of drug-likeness (QED) is 0.669. The molecule has 0 bridgehead atoms. The highest BCUT2D eigenvalue weighted by Gasteiger charge is 2.24. The van der Waals surface area contributed by atoms with Crippen molar-refractivity contribution in [3.8, 4) is 6.07 Å². The van der Waals surface area contributed by atoms with Crippen molar-refractivity contribution < 1.29 is 13.6 Å². The van der Waals surface area contributed by atoms with Crippen molar-refractivity contribution in [2.75, 3.05) is 44.2 Å². The molecule has 0 N–H and O–H groups in total. The highest BCUT2D eigenvalue weighted by atomic mass is 35.5. The van der Waals surface area contributed by atoms with Gasteiger partial charge in [0, 0.05) is 44.3 Å². The second-order valence-electron chi connectivity index (χ2n) is 7.19. The molecule has 2 aromatic rings. The smallest absolute Gasteiger partial charge is 0.241 e. The third-order valence-electron chi connectivity index (χ3n) is 5.12. The van der Waals surface area contributed by atoms with Crippen LogP contribution in [-0.2, 0) is 11.3 Å². The summed E-state index contributed by atoms with van der Waals surface area (Å²) in [6.07, 6.45) is 0.131. The fourth-order valence-corrected chi connectivity index (χ4v) is 3.71. The number of piperazine rings is 1. The summed E-state index contributed by atoms with van der Waals surface area (Å²) in [4.78, 5) is 18.4. The van der Waals surface area contributed by atoms with E-state index < -0.39 is 5.82 Å². The Labute approximate surface area is 180 Å². The molecule has 5 nitrogen and oxygen atoms in total. The number of hydrogen-bond acceptors (Lipinski definition) is 4. The van der Waals surface area contributed by atoms with Crippen LogP contribution in [-0.4, -0.2) is 55.0 Å². The number of nitrogens with zero attached hydrogens (tertiary/aromatic N) is 4. The zero-order chi connectivity index (χ0) is 21.5. The maximum atomic E-state index is 14.2. The molecule has 1 aliphatic rings. The Morgan fingerprint density at radius 2 is 1.80 bits per heavy atom. The van der Waals surface area contributed by atoms with Gasteiger partial charge in [-0.1, -0.05) is 29.8 Å². The average Bonchev–Trinajstić information content (AvgIpc) is 2.73. The van der Waals surface area contributed by atoms with Gasteiger partial charge in [0.15, 0.2) is 0 Å². The van der Waals surface area contributed by atoms with Crippen molar-refractivity contribution in [1.29, 1.82) is 5.26 Å². The van der Waals surface area contributed by atoms with Crippen molar-refractivity contribution in [2.24, 2.45) is 0 Å². The van der Waals surface area contributed by atoms with Crippen LogP contribution in [0.3, 0.4) is 0 Å². The first-order chi connectivity index (χ1) is 14.5. The number of anilines is 1. The van der Waals surface area contributed by atoms with Gasteiger partial charge in [-0.2, -0.15) is 5.26 Å². The van der Waals surface area contributed by atoms with E-state index >= 15 is 0 Å². The van der Waals surface area contributed by atoms with E-state index in [1.165, 1.54) is 23.1 Å². The Morgan fingerprint density at radius 3 is 2.47 bits per heavy atom. The minimum Gasteiger partial charge on any atom is -0.308 e. The van der Waals surface area contributed by atoms with Crippen LogP contribution < -0.4 is 4.90 Å². The molecule has 0 atom stereocenters. The summed E-state index contributed by atoms with van der Waals surface area (Å²) in [5.74, 6) is -1.07. The summed E-state index contributed by atoms with van der Waals surface area (Å²) in [6.45, 7) is 3.74. The molecule has 2 aromatic carbocycles. The van der Waals surface area contributed by atoms with Crippen LogP contribution in [0, 0.1) is 23.0 Å². The molecule has 3 rings (SSSR count). The lowest BCUT2D eigenvalue weighted by atomic mass is 10.2. The molecule has 8 heteroatoms. The summed E-state index contributed by atoms with van der Waals surface area (Å²) in [7, 11) is 0. The Bertz CT molecular complexity index is 926. The molecular weight excluding hydrogens is 410 g/mol. The standard InChI is InChI=1S/C22H23ClF2N4O/c23-19-14-18(24)7-6-17(19)15-27-10-12-28(13-11-27)16-22(30)29(9-3-8-26)21-5-2-1-4-20(21)25/h1-2,4-7,14H,3,9-13,15-16H2. The molecule has 1 saturated heterocycles. The third kappa shape index (κ3) is 5.76. The molecule has 0 aliphatic carbocycles. The van der Waals surface area contributed by atoms with E-state index in [0.717, 1.165) is 18.7 Å². The van der Waals surface area contributed by atoms with Crippen molar-refractivity contribution in [3.05, 3.63) is 64.7 Å². The van der Waals surface area contributed by atoms with Crippen molar-refractivity contribution in [1.82, 2.24) is 9.80 Å². The number of carbonyl (C=O) groups is 1. The van der Waals surface area contributed by atoms with E-state index in [4.69, 9.17) is 16.9 Å². The third-order valence-corrected chi connectivity index (χ3v) is 5.48. The molecule has 0 spiro atoms. The zero-order valence-electron chi connectivity index (χ0n) is 16.5. The van der Waals surface area contributed by atoms with Crippen molar-refractivity contribution in [3.63, 3.8) is 0 Å². The lowest BCUT2D eigenvalue weighted by Gasteiger charge is -2.35. The van der Waals surface area contributed by atoms with Gasteiger partial charge in [-0.15, -0.1) is 0 Å². The maximum absolute atomic E-state index is 14.2. The summed E-state index contributed by atoms with van der Waals surface area (Å²) in [5, 5.41) is 9.30. The van der Waals surface area contributed by atoms with Gasteiger partial charge >= 0.3 is 0 Å². The van der Waals surface area contributed by atoms with Gasteiger partial charge in [0.25, 0.3) is 0 Å². The van der Waals surface area contributed by atoms with Crippen LogP contribution in [0.1, 0.15) is 12.0 Å². The molecule has 30 heavy (non-hydrogen) atoms. The second-order valence-corrected chi connectivity index (χ2v) is 7.60. The van der Waals surface area contributed by atoms with Crippen LogP contribution in [0.2, 0.25) is 5.02 Å². The van der Waals surface area contributed by atoms with Crippen LogP contribution in [0.25, 0.3) is 0 Å². The zero-order valence-corrected chi connectivity index (χ0v) is 17.3. The monoisotopic (exact) mass is 432 g/mol. The van der Waals surface area contributed by atoms with Gasteiger partial charge in [-0.3, -0.25) is 14.6 Å². The van der Waals surface area contributed by atoms with E-state index in [2.05, 4.69) is 4.90 Å². The molecule has 1 heterocycles. The molecule has 0 unspecified atom stereocenters. The molecule has 1 fully saturated rings. The molecule has 158 valence electrons. The normalized spacial score (nSPS) is 15.0. The Hall–Kier alpha value is -2.53. The lowest BCUT2D eigenvalue weighted by Crippen LogP contribution is -2.50. The molecular formula is C22H23ClF2N4O. The number of rotatable bonds is 7. The lowest BCUT2D eigenvalue weighted by molar-refractivity contribution is -0.120. The number of benzene rings is 2. The van der Waals surface area contributed by atoms with Crippen LogP contribution >= 0.6 is 11.6 Å². The maximum Gasteiger partial charge on any atom is 0.241 e. The summed E-state index contributed by atoms with van der Waals surface area (Å²) in [5.41, 5.74) is 1.06. The minimum atomic E-state index is -0.482. The molecule has 0 saturated carbocycles. The van der Waals surface area contributed by atoms with E-state index in [9.17, 15) is 13.6 Å². The average molecular weight is 433 g/mol. The number of hydrogen-bond donors (Lipinski definition) is 0. The predicted octanol–water partition coefficient (Wildman–Crippen LogP) is 3.68. The first-order valence-electron chi connectivity index (χ1n) is 9.78. The molecule has 1 aliphatic heterocycles. The second kappa shape index (κ2) is 10.5. The van der Waals surface area contributed by atoms with Gasteiger partial charge in [0.2, 0.25) is 5.91 Å². The number of carbonyl (C=O) groups excluding carboxylic acids is 1. The summed E-state index contributed by atoms with van der Waals surface area (Å²) in [6, 6.07) is 12.5. The van der Waals surface area contributed by atoms with Gasteiger partial charge in [0.1, 0.15) is 11.6 Å². The molecule has 0 aromatic heterocycles. The molecule has 1 amide bonds. The first-order valence-corrected chi connectivity index (χ1v) is 10.2. The van der Waals surface area contributed by atoms with E-state index in [0.29, 0.717) is 24.7 Å². The minimum absolute atomic E-state index is 0.131. The van der Waals surface area contributed by atoms with Crippen molar-refractivity contribution >= 4 is 23.2 Å². The van der Waals surface area contributed by atoms with E-state index in [1.807, 2.05) is 11.0 Å². The number of nitriles is 1. The van der Waals surface area contributed by atoms with Crippen molar-refractivity contribution in [2.45, 2.75) is 13.0 Å².